The lowest BCUT2D eigenvalue weighted by molar-refractivity contribution is -0.121. The molecule has 0 atom stereocenters. The fourth-order valence-corrected chi connectivity index (χ4v) is 3.21. The summed E-state index contributed by atoms with van der Waals surface area (Å²) in [7, 11) is 4.08. The van der Waals surface area contributed by atoms with Crippen molar-refractivity contribution in [3.05, 3.63) is 29.8 Å². The van der Waals surface area contributed by atoms with Crippen molar-refractivity contribution in [2.75, 3.05) is 38.6 Å². The van der Waals surface area contributed by atoms with Crippen molar-refractivity contribution in [2.45, 2.75) is 33.1 Å². The summed E-state index contributed by atoms with van der Waals surface area (Å²) in [6, 6.07) is 7.74. The van der Waals surface area contributed by atoms with Gasteiger partial charge in [-0.25, -0.2) is 0 Å². The van der Waals surface area contributed by atoms with E-state index in [4.69, 9.17) is 0 Å². The topological polar surface area (TPSA) is 52.7 Å². The van der Waals surface area contributed by atoms with Gasteiger partial charge in [0.2, 0.25) is 11.8 Å². The number of carbonyl (C=O) groups is 2. The van der Waals surface area contributed by atoms with Crippen LogP contribution in [0.25, 0.3) is 0 Å². The summed E-state index contributed by atoms with van der Waals surface area (Å²) in [5, 5.41) is 3.02. The highest BCUT2D eigenvalue weighted by Gasteiger charge is 2.22. The molecule has 0 bridgehead atoms. The van der Waals surface area contributed by atoms with E-state index in [1.165, 1.54) is 0 Å². The van der Waals surface area contributed by atoms with E-state index in [2.05, 4.69) is 24.1 Å². The van der Waals surface area contributed by atoms with Gasteiger partial charge < -0.3 is 15.1 Å². The lowest BCUT2D eigenvalue weighted by atomic mass is 9.93. The first-order chi connectivity index (χ1) is 11.3. The van der Waals surface area contributed by atoms with Crippen molar-refractivity contribution in [1.82, 2.24) is 10.2 Å². The number of benzene rings is 1. The number of hydrogen-bond donors (Lipinski definition) is 1. The Balaban J connectivity index is 1.85. The molecule has 24 heavy (non-hydrogen) atoms. The van der Waals surface area contributed by atoms with Crippen LogP contribution in [0.2, 0.25) is 0 Å². The Morgan fingerprint density at radius 2 is 1.92 bits per heavy atom. The maximum atomic E-state index is 12.1. The highest BCUT2D eigenvalue weighted by atomic mass is 16.2. The molecular formula is C19H29N3O2. The Bertz CT molecular complexity index is 579. The van der Waals surface area contributed by atoms with Crippen LogP contribution in [-0.2, 0) is 16.0 Å². The molecule has 2 amide bonds. The second kappa shape index (κ2) is 7.79. The quantitative estimate of drug-likeness (QED) is 0.832. The third kappa shape index (κ3) is 5.34. The third-order valence-electron chi connectivity index (χ3n) is 4.19. The van der Waals surface area contributed by atoms with Gasteiger partial charge >= 0.3 is 0 Å². The number of carbonyl (C=O) groups excluding carboxylic acids is 2. The zero-order chi connectivity index (χ0) is 17.7. The molecule has 1 aliphatic heterocycles. The fraction of sp³-hybridized carbons (Fsp3) is 0.579. The average Bonchev–Trinajstić information content (AvgIpc) is 2.91. The Hall–Kier alpha value is -1.88. The molecule has 0 radical (unpaired) electrons. The van der Waals surface area contributed by atoms with Crippen LogP contribution in [0.4, 0.5) is 5.69 Å². The minimum absolute atomic E-state index is 0.0341. The van der Waals surface area contributed by atoms with Crippen molar-refractivity contribution >= 4 is 17.5 Å². The largest absolute Gasteiger partial charge is 0.355 e. The van der Waals surface area contributed by atoms with Gasteiger partial charge in [0.25, 0.3) is 0 Å². The van der Waals surface area contributed by atoms with Crippen LogP contribution in [0.15, 0.2) is 24.3 Å². The molecule has 1 heterocycles. The summed E-state index contributed by atoms with van der Waals surface area (Å²) in [4.78, 5) is 27.8. The van der Waals surface area contributed by atoms with E-state index in [0.717, 1.165) is 30.8 Å². The summed E-state index contributed by atoms with van der Waals surface area (Å²) < 4.78 is 0. The monoisotopic (exact) mass is 331 g/mol. The van der Waals surface area contributed by atoms with E-state index < -0.39 is 0 Å². The summed E-state index contributed by atoms with van der Waals surface area (Å²) in [6.45, 7) is 6.67. The van der Waals surface area contributed by atoms with Gasteiger partial charge in [-0.05, 0) is 43.6 Å². The van der Waals surface area contributed by atoms with E-state index in [1.807, 2.05) is 43.3 Å². The average molecular weight is 331 g/mol. The number of hydrogen-bond acceptors (Lipinski definition) is 3. The van der Waals surface area contributed by atoms with E-state index in [9.17, 15) is 9.59 Å². The SMILES string of the molecule is CN(C)CC(C)(C)CNC(=O)Cc1ccc(N2CCCC2=O)cc1. The summed E-state index contributed by atoms with van der Waals surface area (Å²) in [6.07, 6.45) is 1.92. The van der Waals surface area contributed by atoms with Gasteiger partial charge in [0.1, 0.15) is 0 Å². The summed E-state index contributed by atoms with van der Waals surface area (Å²) >= 11 is 0. The van der Waals surface area contributed by atoms with E-state index in [-0.39, 0.29) is 17.2 Å². The normalized spacial score (nSPS) is 15.2. The van der Waals surface area contributed by atoms with Crippen LogP contribution < -0.4 is 10.2 Å². The molecule has 1 N–H and O–H groups in total. The van der Waals surface area contributed by atoms with Crippen LogP contribution in [-0.4, -0.2) is 50.4 Å². The molecule has 0 aromatic heterocycles. The van der Waals surface area contributed by atoms with E-state index in [0.29, 0.717) is 19.4 Å². The number of anilines is 1. The minimum atomic E-state index is 0.0341. The first kappa shape index (κ1) is 18.5. The molecule has 0 saturated carbocycles. The van der Waals surface area contributed by atoms with Gasteiger partial charge in [0.15, 0.2) is 0 Å². The molecule has 1 aromatic rings. The molecule has 2 rings (SSSR count). The molecule has 1 aromatic carbocycles. The van der Waals surface area contributed by atoms with Crippen molar-refractivity contribution in [3.8, 4) is 0 Å². The first-order valence-electron chi connectivity index (χ1n) is 8.58. The van der Waals surface area contributed by atoms with Gasteiger partial charge in [-0.1, -0.05) is 26.0 Å². The minimum Gasteiger partial charge on any atom is -0.355 e. The van der Waals surface area contributed by atoms with Gasteiger partial charge in [0, 0.05) is 31.7 Å². The zero-order valence-electron chi connectivity index (χ0n) is 15.3. The highest BCUT2D eigenvalue weighted by Crippen LogP contribution is 2.21. The van der Waals surface area contributed by atoms with Crippen molar-refractivity contribution in [1.29, 1.82) is 0 Å². The van der Waals surface area contributed by atoms with Gasteiger partial charge in [-0.2, -0.15) is 0 Å². The predicted octanol–water partition coefficient (Wildman–Crippen LogP) is 2.06. The van der Waals surface area contributed by atoms with Crippen molar-refractivity contribution in [2.24, 2.45) is 5.41 Å². The molecule has 132 valence electrons. The van der Waals surface area contributed by atoms with Gasteiger partial charge in [0.05, 0.1) is 6.42 Å². The second-order valence-corrected chi connectivity index (χ2v) is 7.67. The molecule has 0 unspecified atom stereocenters. The maximum Gasteiger partial charge on any atom is 0.227 e. The lowest BCUT2D eigenvalue weighted by Gasteiger charge is -2.28. The Kier molecular flexibility index (Phi) is 5.99. The lowest BCUT2D eigenvalue weighted by Crippen LogP contribution is -2.40. The molecule has 1 fully saturated rings. The zero-order valence-corrected chi connectivity index (χ0v) is 15.3. The Morgan fingerprint density at radius 3 is 2.46 bits per heavy atom. The van der Waals surface area contributed by atoms with Crippen LogP contribution in [0, 0.1) is 5.41 Å². The third-order valence-corrected chi connectivity index (χ3v) is 4.19. The standard InChI is InChI=1S/C19H29N3O2/c1-19(2,14-21(3)4)13-20-17(23)12-15-7-9-16(10-8-15)22-11-5-6-18(22)24/h7-10H,5-6,11-14H2,1-4H3,(H,20,23). The number of nitrogens with one attached hydrogen (secondary N) is 1. The molecule has 5 heteroatoms. The van der Waals surface area contributed by atoms with Crippen LogP contribution in [0.1, 0.15) is 32.3 Å². The van der Waals surface area contributed by atoms with Crippen LogP contribution in [0.3, 0.4) is 0 Å². The molecular weight excluding hydrogens is 302 g/mol. The Morgan fingerprint density at radius 1 is 1.25 bits per heavy atom. The van der Waals surface area contributed by atoms with Crippen LogP contribution >= 0.6 is 0 Å². The molecule has 0 spiro atoms. The smallest absolute Gasteiger partial charge is 0.227 e. The molecule has 0 aliphatic carbocycles. The van der Waals surface area contributed by atoms with E-state index >= 15 is 0 Å². The Labute approximate surface area is 145 Å². The molecule has 1 aliphatic rings. The fourth-order valence-electron chi connectivity index (χ4n) is 3.21. The van der Waals surface area contributed by atoms with E-state index in [1.54, 1.807) is 0 Å². The maximum absolute atomic E-state index is 12.1. The van der Waals surface area contributed by atoms with Crippen molar-refractivity contribution in [3.63, 3.8) is 0 Å². The van der Waals surface area contributed by atoms with Gasteiger partial charge in [-0.3, -0.25) is 9.59 Å². The van der Waals surface area contributed by atoms with Crippen LogP contribution in [0.5, 0.6) is 0 Å². The first-order valence-corrected chi connectivity index (χ1v) is 8.58. The second-order valence-electron chi connectivity index (χ2n) is 7.67. The van der Waals surface area contributed by atoms with Crippen molar-refractivity contribution < 1.29 is 9.59 Å². The molecule has 5 nitrogen and oxygen atoms in total. The number of rotatable bonds is 7. The highest BCUT2D eigenvalue weighted by molar-refractivity contribution is 5.95. The summed E-state index contributed by atoms with van der Waals surface area (Å²) in [5.41, 5.74) is 1.93. The number of amides is 2. The summed E-state index contributed by atoms with van der Waals surface area (Å²) in [5.74, 6) is 0.218. The van der Waals surface area contributed by atoms with Gasteiger partial charge in [-0.15, -0.1) is 0 Å². The molecule has 1 saturated heterocycles. The predicted molar refractivity (Wildman–Crippen MR) is 97.1 cm³/mol. The number of nitrogens with zero attached hydrogens (tertiary/aromatic N) is 2.